The molecule has 0 rings (SSSR count). The van der Waals surface area contributed by atoms with E-state index in [0.717, 1.165) is 4.31 Å². The molecule has 0 aliphatic rings. The van der Waals surface area contributed by atoms with Crippen molar-refractivity contribution in [3.8, 4) is 0 Å². The maximum absolute atomic E-state index is 11.7. The molecule has 0 unspecified atom stereocenters. The largest absolute Gasteiger partial charge is 0.465 e. The predicted octanol–water partition coefficient (Wildman–Crippen LogP) is 0.659. The molecule has 0 aromatic heterocycles. The third-order valence-electron chi connectivity index (χ3n) is 1.67. The molecule has 0 atom stereocenters. The van der Waals surface area contributed by atoms with E-state index in [4.69, 9.17) is 23.2 Å². The standard InChI is InChI=1S/C8H15Cl2NO4S/c1-2-15-8(12)7-16(13,14)11(5-3-9)6-4-10/h2-7H2,1H3. The van der Waals surface area contributed by atoms with Gasteiger partial charge in [-0.05, 0) is 6.92 Å². The topological polar surface area (TPSA) is 63.7 Å². The van der Waals surface area contributed by atoms with E-state index in [0.29, 0.717) is 0 Å². The average Bonchev–Trinajstić information content (AvgIpc) is 2.17. The number of esters is 1. The zero-order valence-corrected chi connectivity index (χ0v) is 11.3. The Morgan fingerprint density at radius 2 is 1.75 bits per heavy atom. The van der Waals surface area contributed by atoms with Crippen LogP contribution in [0.2, 0.25) is 0 Å². The van der Waals surface area contributed by atoms with E-state index in [-0.39, 0.29) is 31.5 Å². The molecule has 0 aliphatic heterocycles. The monoisotopic (exact) mass is 291 g/mol. The lowest BCUT2D eigenvalue weighted by Gasteiger charge is -2.19. The fourth-order valence-corrected chi connectivity index (χ4v) is 2.93. The van der Waals surface area contributed by atoms with Crippen LogP contribution in [0.1, 0.15) is 6.92 Å². The molecule has 0 fully saturated rings. The molecule has 8 heteroatoms. The average molecular weight is 292 g/mol. The Labute approximate surface area is 106 Å². The van der Waals surface area contributed by atoms with Gasteiger partial charge in [-0.15, -0.1) is 23.2 Å². The van der Waals surface area contributed by atoms with Gasteiger partial charge in [0.15, 0.2) is 5.75 Å². The molecular weight excluding hydrogens is 277 g/mol. The Morgan fingerprint density at radius 3 is 2.12 bits per heavy atom. The van der Waals surface area contributed by atoms with Crippen molar-refractivity contribution in [1.82, 2.24) is 4.31 Å². The number of carbonyl (C=O) groups is 1. The minimum atomic E-state index is -3.68. The molecule has 16 heavy (non-hydrogen) atoms. The molecule has 5 nitrogen and oxygen atoms in total. The Hall–Kier alpha value is -0.0400. The molecule has 0 spiro atoms. The van der Waals surface area contributed by atoms with Gasteiger partial charge in [-0.25, -0.2) is 8.42 Å². The van der Waals surface area contributed by atoms with Crippen molar-refractivity contribution in [3.63, 3.8) is 0 Å². The highest BCUT2D eigenvalue weighted by Crippen LogP contribution is 2.03. The summed E-state index contributed by atoms with van der Waals surface area (Å²) >= 11 is 10.9. The molecule has 0 saturated heterocycles. The normalized spacial score (nSPS) is 11.8. The zero-order chi connectivity index (χ0) is 12.6. The molecule has 0 heterocycles. The number of halogens is 2. The van der Waals surface area contributed by atoms with Crippen molar-refractivity contribution >= 4 is 39.2 Å². The van der Waals surface area contributed by atoms with Gasteiger partial charge in [-0.2, -0.15) is 4.31 Å². The summed E-state index contributed by atoms with van der Waals surface area (Å²) in [6.45, 7) is 2.03. The maximum atomic E-state index is 11.7. The van der Waals surface area contributed by atoms with E-state index < -0.39 is 21.7 Å². The van der Waals surface area contributed by atoms with Gasteiger partial charge in [0.2, 0.25) is 10.0 Å². The van der Waals surface area contributed by atoms with Gasteiger partial charge in [0.25, 0.3) is 0 Å². The molecule has 0 amide bonds. The van der Waals surface area contributed by atoms with Gasteiger partial charge in [-0.1, -0.05) is 0 Å². The first-order chi connectivity index (χ1) is 7.47. The number of hydrogen-bond donors (Lipinski definition) is 0. The van der Waals surface area contributed by atoms with Crippen LogP contribution in [0.25, 0.3) is 0 Å². The lowest BCUT2D eigenvalue weighted by Crippen LogP contribution is -2.38. The van der Waals surface area contributed by atoms with E-state index in [9.17, 15) is 13.2 Å². The minimum absolute atomic E-state index is 0.135. The summed E-state index contributed by atoms with van der Waals surface area (Å²) in [5.41, 5.74) is 0. The first-order valence-electron chi connectivity index (χ1n) is 4.73. The highest BCUT2D eigenvalue weighted by molar-refractivity contribution is 7.89. The Morgan fingerprint density at radius 1 is 1.25 bits per heavy atom. The highest BCUT2D eigenvalue weighted by Gasteiger charge is 2.25. The van der Waals surface area contributed by atoms with Crippen LogP contribution in [0.4, 0.5) is 0 Å². The van der Waals surface area contributed by atoms with E-state index >= 15 is 0 Å². The summed E-state index contributed by atoms with van der Waals surface area (Å²) in [4.78, 5) is 11.1. The van der Waals surface area contributed by atoms with Crippen LogP contribution in [0.3, 0.4) is 0 Å². The van der Waals surface area contributed by atoms with Gasteiger partial charge < -0.3 is 4.74 Å². The first-order valence-corrected chi connectivity index (χ1v) is 7.41. The van der Waals surface area contributed by atoms with Crippen molar-refractivity contribution in [2.75, 3.05) is 37.2 Å². The Balaban J connectivity index is 4.52. The number of carbonyl (C=O) groups excluding carboxylic acids is 1. The zero-order valence-electron chi connectivity index (χ0n) is 8.99. The number of hydrogen-bond acceptors (Lipinski definition) is 4. The second-order valence-corrected chi connectivity index (χ2v) is 5.56. The van der Waals surface area contributed by atoms with Gasteiger partial charge >= 0.3 is 5.97 Å². The Kier molecular flexibility index (Phi) is 8.09. The quantitative estimate of drug-likeness (QED) is 0.487. The van der Waals surface area contributed by atoms with Crippen LogP contribution in [0, 0.1) is 0 Å². The fourth-order valence-electron chi connectivity index (χ4n) is 1.02. The van der Waals surface area contributed by atoms with E-state index in [1.54, 1.807) is 6.92 Å². The summed E-state index contributed by atoms with van der Waals surface area (Å²) in [6.07, 6.45) is 0. The van der Waals surface area contributed by atoms with Crippen LogP contribution < -0.4 is 0 Å². The van der Waals surface area contributed by atoms with Crippen LogP contribution in [-0.2, 0) is 19.6 Å². The van der Waals surface area contributed by atoms with Crippen molar-refractivity contribution in [1.29, 1.82) is 0 Å². The van der Waals surface area contributed by atoms with Gasteiger partial charge in [0, 0.05) is 24.8 Å². The summed E-state index contributed by atoms with van der Waals surface area (Å²) < 4.78 is 29.1. The third-order valence-corrected chi connectivity index (χ3v) is 3.76. The van der Waals surface area contributed by atoms with Gasteiger partial charge in [0.1, 0.15) is 0 Å². The molecule has 96 valence electrons. The SMILES string of the molecule is CCOC(=O)CS(=O)(=O)N(CCCl)CCCl. The van der Waals surface area contributed by atoms with E-state index in [1.807, 2.05) is 0 Å². The van der Waals surface area contributed by atoms with Crippen LogP contribution in [-0.4, -0.2) is 55.9 Å². The summed E-state index contributed by atoms with van der Waals surface area (Å²) in [6, 6.07) is 0. The van der Waals surface area contributed by atoms with E-state index in [2.05, 4.69) is 4.74 Å². The number of alkyl halides is 2. The van der Waals surface area contributed by atoms with Crippen LogP contribution in [0.15, 0.2) is 0 Å². The molecule has 0 radical (unpaired) electrons. The number of nitrogens with zero attached hydrogens (tertiary/aromatic N) is 1. The molecule has 0 aromatic carbocycles. The molecular formula is C8H15Cl2NO4S. The second kappa shape index (κ2) is 8.11. The molecule has 0 bridgehead atoms. The summed E-state index contributed by atoms with van der Waals surface area (Å²) in [5.74, 6) is -1.14. The Bertz CT molecular complexity index is 301. The third kappa shape index (κ3) is 5.89. The fraction of sp³-hybridized carbons (Fsp3) is 0.875. The number of rotatable bonds is 8. The summed E-state index contributed by atoms with van der Waals surface area (Å²) in [5, 5.41) is 0. The van der Waals surface area contributed by atoms with Crippen molar-refractivity contribution < 1.29 is 17.9 Å². The molecule has 0 N–H and O–H groups in total. The lowest BCUT2D eigenvalue weighted by molar-refractivity contribution is -0.140. The number of sulfonamides is 1. The van der Waals surface area contributed by atoms with Crippen molar-refractivity contribution in [2.45, 2.75) is 6.92 Å². The molecule has 0 aliphatic carbocycles. The number of ether oxygens (including phenoxy) is 1. The minimum Gasteiger partial charge on any atom is -0.465 e. The molecule has 0 saturated carbocycles. The van der Waals surface area contributed by atoms with Crippen molar-refractivity contribution in [3.05, 3.63) is 0 Å². The van der Waals surface area contributed by atoms with E-state index in [1.165, 1.54) is 0 Å². The second-order valence-electron chi connectivity index (χ2n) is 2.84. The van der Waals surface area contributed by atoms with Gasteiger partial charge in [0.05, 0.1) is 6.61 Å². The van der Waals surface area contributed by atoms with Crippen LogP contribution >= 0.6 is 23.2 Å². The lowest BCUT2D eigenvalue weighted by atomic mass is 10.6. The van der Waals surface area contributed by atoms with Crippen molar-refractivity contribution in [2.24, 2.45) is 0 Å². The van der Waals surface area contributed by atoms with Crippen LogP contribution in [0.5, 0.6) is 0 Å². The smallest absolute Gasteiger partial charge is 0.322 e. The molecule has 0 aromatic rings. The maximum Gasteiger partial charge on any atom is 0.322 e. The highest BCUT2D eigenvalue weighted by atomic mass is 35.5. The van der Waals surface area contributed by atoms with Gasteiger partial charge in [-0.3, -0.25) is 4.79 Å². The first kappa shape index (κ1) is 16.0. The predicted molar refractivity (Wildman–Crippen MR) is 63.4 cm³/mol. The summed E-state index contributed by atoms with van der Waals surface area (Å²) in [7, 11) is -3.68.